The number of nitrogens with zero attached hydrogens (tertiary/aromatic N) is 2. The van der Waals surface area contributed by atoms with Crippen molar-refractivity contribution in [1.29, 1.82) is 0 Å². The van der Waals surface area contributed by atoms with Crippen molar-refractivity contribution in [2.24, 2.45) is 0 Å². The largest absolute Gasteiger partial charge is 0.480 e. The second-order valence-electron chi connectivity index (χ2n) is 5.79. The summed E-state index contributed by atoms with van der Waals surface area (Å²) >= 11 is 0. The number of amides is 2. The molecule has 0 saturated carbocycles. The normalized spacial score (nSPS) is 15.6. The number of carbonyl (C=O) groups is 3. The maximum atomic E-state index is 11.7. The molecule has 1 N–H and O–H groups in total. The number of carbonyl (C=O) groups excluding carboxylic acids is 2. The van der Waals surface area contributed by atoms with Crippen LogP contribution in [0.15, 0.2) is 29.4 Å². The molecule has 1 aromatic heterocycles. The number of pyridine rings is 1. The number of likely N-dealkylation sites (tertiary alicyclic amines) is 1. The summed E-state index contributed by atoms with van der Waals surface area (Å²) in [6, 6.07) is 4.83. The van der Waals surface area contributed by atoms with Crippen LogP contribution in [-0.2, 0) is 14.4 Å². The zero-order valence-electron chi connectivity index (χ0n) is 13.9. The second kappa shape index (κ2) is 10.5. The lowest BCUT2D eigenvalue weighted by Gasteiger charge is -2.22. The molecular weight excluding hydrogens is 360 g/mol. The molecule has 8 heteroatoms. The minimum absolute atomic E-state index is 0.133. The summed E-state index contributed by atoms with van der Waals surface area (Å²) in [5.41, 5.74) is 0. The van der Waals surface area contributed by atoms with E-state index in [4.69, 9.17) is 0 Å². The molecule has 25 heavy (non-hydrogen) atoms. The first-order valence-corrected chi connectivity index (χ1v) is 10.7. The van der Waals surface area contributed by atoms with Crippen molar-refractivity contribution in [2.75, 3.05) is 5.75 Å². The van der Waals surface area contributed by atoms with Crippen molar-refractivity contribution in [3.05, 3.63) is 24.4 Å². The SMILES string of the molecule is O=C(O)C(CCCCCCSSc1ccccn1)N1C(=O)CCC1=O. The van der Waals surface area contributed by atoms with Gasteiger partial charge < -0.3 is 5.11 Å². The van der Waals surface area contributed by atoms with Crippen molar-refractivity contribution in [3.63, 3.8) is 0 Å². The summed E-state index contributed by atoms with van der Waals surface area (Å²) in [4.78, 5) is 39.9. The number of carboxylic acids is 1. The van der Waals surface area contributed by atoms with E-state index in [1.165, 1.54) is 0 Å². The third kappa shape index (κ3) is 6.36. The van der Waals surface area contributed by atoms with Crippen LogP contribution < -0.4 is 0 Å². The standard InChI is InChI=1S/C17H22N2O4S2/c20-15-9-10-16(21)19(15)13(17(22)23)7-3-1-2-6-12-24-25-14-8-4-5-11-18-14/h4-5,8,11,13H,1-3,6-7,9-10,12H2,(H,22,23). The Morgan fingerprint density at radius 2 is 1.88 bits per heavy atom. The van der Waals surface area contributed by atoms with E-state index in [0.29, 0.717) is 12.8 Å². The highest BCUT2D eigenvalue weighted by Gasteiger charge is 2.38. The number of imide groups is 1. The molecule has 0 spiro atoms. The summed E-state index contributed by atoms with van der Waals surface area (Å²) in [7, 11) is 3.42. The van der Waals surface area contributed by atoms with Crippen LogP contribution in [-0.4, -0.2) is 44.6 Å². The Balaban J connectivity index is 1.58. The van der Waals surface area contributed by atoms with Crippen molar-refractivity contribution >= 4 is 39.4 Å². The van der Waals surface area contributed by atoms with Crippen molar-refractivity contribution in [3.8, 4) is 0 Å². The summed E-state index contributed by atoms with van der Waals surface area (Å²) in [6.45, 7) is 0. The predicted molar refractivity (Wildman–Crippen MR) is 98.1 cm³/mol. The first-order valence-electron chi connectivity index (χ1n) is 8.38. The zero-order chi connectivity index (χ0) is 18.1. The van der Waals surface area contributed by atoms with E-state index in [9.17, 15) is 19.5 Å². The summed E-state index contributed by atoms with van der Waals surface area (Å²) in [5.74, 6) is -0.807. The second-order valence-corrected chi connectivity index (χ2v) is 8.22. The molecule has 1 saturated heterocycles. The topological polar surface area (TPSA) is 87.6 Å². The molecule has 1 aliphatic rings. The highest BCUT2D eigenvalue weighted by Crippen LogP contribution is 2.30. The van der Waals surface area contributed by atoms with Gasteiger partial charge in [0.05, 0.1) is 0 Å². The summed E-state index contributed by atoms with van der Waals surface area (Å²) in [5, 5.41) is 10.3. The fourth-order valence-corrected chi connectivity index (χ4v) is 4.68. The van der Waals surface area contributed by atoms with Gasteiger partial charge in [0.25, 0.3) is 0 Å². The Morgan fingerprint density at radius 1 is 1.16 bits per heavy atom. The number of rotatable bonds is 11. The van der Waals surface area contributed by atoms with Gasteiger partial charge in [0.15, 0.2) is 0 Å². The Morgan fingerprint density at radius 3 is 2.52 bits per heavy atom. The Hall–Kier alpha value is -1.54. The lowest BCUT2D eigenvalue weighted by atomic mass is 10.1. The number of unbranched alkanes of at least 4 members (excludes halogenated alkanes) is 3. The average molecular weight is 383 g/mol. The van der Waals surface area contributed by atoms with Crippen LogP contribution in [0, 0.1) is 0 Å². The zero-order valence-corrected chi connectivity index (χ0v) is 15.6. The van der Waals surface area contributed by atoms with E-state index < -0.39 is 12.0 Å². The number of hydrogen-bond acceptors (Lipinski definition) is 6. The molecule has 2 rings (SSSR count). The van der Waals surface area contributed by atoms with Crippen LogP contribution in [0.2, 0.25) is 0 Å². The van der Waals surface area contributed by atoms with Crippen molar-refractivity contribution in [2.45, 2.75) is 56.0 Å². The van der Waals surface area contributed by atoms with E-state index in [-0.39, 0.29) is 24.7 Å². The quantitative estimate of drug-likeness (QED) is 0.357. The van der Waals surface area contributed by atoms with Crippen LogP contribution in [0.25, 0.3) is 0 Å². The minimum atomic E-state index is -1.09. The summed E-state index contributed by atoms with van der Waals surface area (Å²) in [6.07, 6.45) is 6.02. The first kappa shape index (κ1) is 19.8. The van der Waals surface area contributed by atoms with Crippen LogP contribution in [0.4, 0.5) is 0 Å². The molecule has 0 radical (unpaired) electrons. The molecular formula is C17H22N2O4S2. The number of hydrogen-bond donors (Lipinski definition) is 1. The van der Waals surface area contributed by atoms with Crippen LogP contribution in [0.1, 0.15) is 44.9 Å². The van der Waals surface area contributed by atoms with Gasteiger partial charge in [0, 0.05) is 24.8 Å². The minimum Gasteiger partial charge on any atom is -0.480 e. The third-order valence-corrected chi connectivity index (χ3v) is 6.28. The average Bonchev–Trinajstić information content (AvgIpc) is 2.93. The molecule has 1 aromatic rings. The third-order valence-electron chi connectivity index (χ3n) is 3.92. The van der Waals surface area contributed by atoms with E-state index >= 15 is 0 Å². The van der Waals surface area contributed by atoms with E-state index in [1.807, 2.05) is 18.2 Å². The van der Waals surface area contributed by atoms with Crippen LogP contribution >= 0.6 is 21.6 Å². The monoisotopic (exact) mass is 382 g/mol. The van der Waals surface area contributed by atoms with E-state index in [1.54, 1.807) is 27.8 Å². The van der Waals surface area contributed by atoms with E-state index in [2.05, 4.69) is 4.98 Å². The highest BCUT2D eigenvalue weighted by atomic mass is 33.1. The van der Waals surface area contributed by atoms with Crippen molar-refractivity contribution < 1.29 is 19.5 Å². The molecule has 136 valence electrons. The highest BCUT2D eigenvalue weighted by molar-refractivity contribution is 8.76. The van der Waals surface area contributed by atoms with Crippen molar-refractivity contribution in [1.82, 2.24) is 9.88 Å². The fraction of sp³-hybridized carbons (Fsp3) is 0.529. The molecule has 6 nitrogen and oxygen atoms in total. The predicted octanol–water partition coefficient (Wildman–Crippen LogP) is 3.37. The van der Waals surface area contributed by atoms with Crippen LogP contribution in [0.3, 0.4) is 0 Å². The van der Waals surface area contributed by atoms with Gasteiger partial charge in [-0.05, 0) is 35.8 Å². The summed E-state index contributed by atoms with van der Waals surface area (Å²) < 4.78 is 0. The smallest absolute Gasteiger partial charge is 0.326 e. The van der Waals surface area contributed by atoms with Gasteiger partial charge >= 0.3 is 5.97 Å². The van der Waals surface area contributed by atoms with Gasteiger partial charge in [-0.3, -0.25) is 14.5 Å². The molecule has 0 bridgehead atoms. The molecule has 2 amide bonds. The fourth-order valence-electron chi connectivity index (χ4n) is 2.66. The van der Waals surface area contributed by atoms with Crippen LogP contribution in [0.5, 0.6) is 0 Å². The maximum Gasteiger partial charge on any atom is 0.326 e. The Kier molecular flexibility index (Phi) is 8.27. The molecule has 1 fully saturated rings. The van der Waals surface area contributed by atoms with Gasteiger partial charge in [0.1, 0.15) is 11.1 Å². The number of aliphatic carboxylic acids is 1. The maximum absolute atomic E-state index is 11.7. The number of aromatic nitrogens is 1. The Bertz CT molecular complexity index is 582. The molecule has 1 atom stereocenters. The van der Waals surface area contributed by atoms with Gasteiger partial charge in [-0.15, -0.1) is 0 Å². The van der Waals surface area contributed by atoms with Gasteiger partial charge in [0.2, 0.25) is 11.8 Å². The molecule has 0 aliphatic carbocycles. The molecule has 1 aliphatic heterocycles. The molecule has 2 heterocycles. The van der Waals surface area contributed by atoms with Gasteiger partial charge in [-0.2, -0.15) is 0 Å². The lowest BCUT2D eigenvalue weighted by Crippen LogP contribution is -2.44. The van der Waals surface area contributed by atoms with Gasteiger partial charge in [-0.1, -0.05) is 36.1 Å². The lowest BCUT2D eigenvalue weighted by molar-refractivity contribution is -0.154. The Labute approximate surface area is 155 Å². The number of carboxylic acid groups (broad SMARTS) is 1. The molecule has 1 unspecified atom stereocenters. The first-order chi connectivity index (χ1) is 12.1. The van der Waals surface area contributed by atoms with Gasteiger partial charge in [-0.25, -0.2) is 9.78 Å². The van der Waals surface area contributed by atoms with E-state index in [0.717, 1.165) is 34.9 Å². The molecule has 0 aromatic carbocycles.